The molecule has 1 heterocycles. The van der Waals surface area contributed by atoms with E-state index in [1.165, 1.54) is 19.3 Å². The molecule has 1 saturated heterocycles. The Hall–Kier alpha value is -0.465. The van der Waals surface area contributed by atoms with Crippen LogP contribution in [-0.4, -0.2) is 30.7 Å². The molecule has 0 bridgehead atoms. The van der Waals surface area contributed by atoms with Crippen LogP contribution in [0.3, 0.4) is 0 Å². The van der Waals surface area contributed by atoms with E-state index in [9.17, 15) is 4.79 Å². The smallest absolute Gasteiger partial charge is 0.223 e. The van der Waals surface area contributed by atoms with Crippen LogP contribution >= 0.6 is 0 Å². The van der Waals surface area contributed by atoms with Gasteiger partial charge < -0.3 is 4.90 Å². The summed E-state index contributed by atoms with van der Waals surface area (Å²) >= 11 is 0. The van der Waals surface area contributed by atoms with E-state index in [2.05, 4.69) is 26.6 Å². The maximum atomic E-state index is 11.9. The summed E-state index contributed by atoms with van der Waals surface area (Å²) in [6.07, 6.45) is 5.82. The van der Waals surface area contributed by atoms with Gasteiger partial charge in [0.05, 0.1) is 0 Å². The zero-order valence-electron chi connectivity index (χ0n) is 10.2. The van der Waals surface area contributed by atoms with Gasteiger partial charge >= 0.3 is 0 Å². The molecule has 0 aromatic heterocycles. The Morgan fingerprint density at radius 2 is 2.07 bits per heavy atom. The van der Waals surface area contributed by atoms with Crippen molar-refractivity contribution in [3.8, 4) is 0 Å². The molecule has 0 radical (unpaired) electrons. The fourth-order valence-corrected chi connectivity index (χ4v) is 3.55. The van der Waals surface area contributed by atoms with Gasteiger partial charge in [0.2, 0.25) is 5.91 Å². The van der Waals surface area contributed by atoms with Gasteiger partial charge in [0.15, 0.2) is 0 Å². The highest BCUT2D eigenvalue weighted by molar-refractivity contribution is 6.12. The molecule has 2 fully saturated rings. The summed E-state index contributed by atoms with van der Waals surface area (Å²) in [7, 11) is 2.37. The first kappa shape index (κ1) is 11.0. The summed E-state index contributed by atoms with van der Waals surface area (Å²) in [5.41, 5.74) is 0. The van der Waals surface area contributed by atoms with Crippen molar-refractivity contribution in [3.05, 3.63) is 0 Å². The maximum Gasteiger partial charge on any atom is 0.223 e. The van der Waals surface area contributed by atoms with E-state index < -0.39 is 0 Å². The number of likely N-dealkylation sites (tertiary alicyclic amines) is 1. The van der Waals surface area contributed by atoms with Crippen LogP contribution in [0.15, 0.2) is 0 Å². The van der Waals surface area contributed by atoms with E-state index in [0.717, 1.165) is 24.6 Å². The minimum atomic E-state index is 0.385. The summed E-state index contributed by atoms with van der Waals surface area (Å²) in [5.74, 6) is 1.98. The van der Waals surface area contributed by atoms with Crippen LogP contribution in [0.4, 0.5) is 0 Å². The lowest BCUT2D eigenvalue weighted by Crippen LogP contribution is -2.54. The summed E-state index contributed by atoms with van der Waals surface area (Å²) in [6, 6.07) is 0.936. The number of carbonyl (C=O) groups is 1. The van der Waals surface area contributed by atoms with Gasteiger partial charge in [-0.15, -0.1) is 0 Å². The summed E-state index contributed by atoms with van der Waals surface area (Å²) < 4.78 is 0. The van der Waals surface area contributed by atoms with Crippen molar-refractivity contribution in [2.75, 3.05) is 0 Å². The molecule has 0 aromatic carbocycles. The molecule has 3 unspecified atom stereocenters. The number of rotatable bonds is 1. The van der Waals surface area contributed by atoms with Gasteiger partial charge in [-0.25, -0.2) is 0 Å². The quantitative estimate of drug-likeness (QED) is 0.598. The Balaban J connectivity index is 2.17. The van der Waals surface area contributed by atoms with Crippen LogP contribution in [0.2, 0.25) is 5.82 Å². The fourth-order valence-electron chi connectivity index (χ4n) is 3.55. The molecule has 1 saturated carbocycles. The minimum Gasteiger partial charge on any atom is -0.337 e. The second kappa shape index (κ2) is 4.19. The van der Waals surface area contributed by atoms with Gasteiger partial charge in [-0.05, 0) is 32.6 Å². The Morgan fingerprint density at radius 1 is 1.33 bits per heavy atom. The van der Waals surface area contributed by atoms with E-state index in [-0.39, 0.29) is 0 Å². The first-order chi connectivity index (χ1) is 7.11. The number of nitrogens with zero attached hydrogens (tertiary/aromatic N) is 1. The molecule has 0 aromatic rings. The van der Waals surface area contributed by atoms with Gasteiger partial charge in [0.1, 0.15) is 7.85 Å². The fraction of sp³-hybridized carbons (Fsp3) is 0.917. The third kappa shape index (κ3) is 1.93. The molecule has 2 aliphatic rings. The molecular formula is C12H22BNO. The van der Waals surface area contributed by atoms with Crippen molar-refractivity contribution in [1.82, 2.24) is 4.90 Å². The first-order valence-electron chi connectivity index (χ1n) is 6.42. The van der Waals surface area contributed by atoms with Crippen molar-refractivity contribution >= 4 is 13.8 Å². The zero-order valence-corrected chi connectivity index (χ0v) is 10.2. The molecule has 15 heavy (non-hydrogen) atoms. The number of piperidine rings is 1. The molecule has 1 aliphatic carbocycles. The topological polar surface area (TPSA) is 20.3 Å². The molecule has 3 atom stereocenters. The van der Waals surface area contributed by atoms with Crippen LogP contribution in [0.1, 0.15) is 46.0 Å². The Kier molecular flexibility index (Phi) is 3.08. The van der Waals surface area contributed by atoms with Crippen molar-refractivity contribution in [2.45, 2.75) is 63.9 Å². The van der Waals surface area contributed by atoms with Crippen LogP contribution in [-0.2, 0) is 4.79 Å². The van der Waals surface area contributed by atoms with E-state index in [1.807, 2.05) is 0 Å². The van der Waals surface area contributed by atoms with E-state index in [1.54, 1.807) is 0 Å². The molecular weight excluding hydrogens is 185 g/mol. The van der Waals surface area contributed by atoms with Gasteiger partial charge in [-0.3, -0.25) is 4.79 Å². The van der Waals surface area contributed by atoms with Gasteiger partial charge in [-0.1, -0.05) is 18.7 Å². The number of amides is 1. The SMILES string of the molecule is BC1CCCC2C1CCC(=O)N2C(C)C. The largest absolute Gasteiger partial charge is 0.337 e. The second-order valence-electron chi connectivity index (χ2n) is 5.57. The summed E-state index contributed by atoms with van der Waals surface area (Å²) in [5, 5.41) is 0. The number of carbonyl (C=O) groups excluding carboxylic acids is 1. The van der Waals surface area contributed by atoms with Crippen molar-refractivity contribution in [1.29, 1.82) is 0 Å². The Bertz CT molecular complexity index is 254. The van der Waals surface area contributed by atoms with Crippen LogP contribution in [0.5, 0.6) is 0 Å². The predicted octanol–water partition coefficient (Wildman–Crippen LogP) is 1.61. The Morgan fingerprint density at radius 3 is 2.73 bits per heavy atom. The highest BCUT2D eigenvalue weighted by atomic mass is 16.2. The van der Waals surface area contributed by atoms with Gasteiger partial charge in [-0.2, -0.15) is 0 Å². The average molecular weight is 207 g/mol. The minimum absolute atomic E-state index is 0.385. The van der Waals surface area contributed by atoms with Gasteiger partial charge in [0, 0.05) is 18.5 Å². The predicted molar refractivity (Wildman–Crippen MR) is 64.6 cm³/mol. The van der Waals surface area contributed by atoms with Crippen LogP contribution in [0, 0.1) is 5.92 Å². The van der Waals surface area contributed by atoms with E-state index in [0.29, 0.717) is 18.0 Å². The zero-order chi connectivity index (χ0) is 11.0. The molecule has 3 heteroatoms. The molecule has 2 nitrogen and oxygen atoms in total. The van der Waals surface area contributed by atoms with Crippen LogP contribution < -0.4 is 0 Å². The first-order valence-corrected chi connectivity index (χ1v) is 6.42. The second-order valence-corrected chi connectivity index (χ2v) is 5.57. The number of hydrogen-bond donors (Lipinski definition) is 0. The monoisotopic (exact) mass is 207 g/mol. The number of fused-ring (bicyclic) bond motifs is 1. The van der Waals surface area contributed by atoms with Crippen LogP contribution in [0.25, 0.3) is 0 Å². The van der Waals surface area contributed by atoms with E-state index >= 15 is 0 Å². The average Bonchev–Trinajstić information content (AvgIpc) is 2.17. The van der Waals surface area contributed by atoms with E-state index in [4.69, 9.17) is 0 Å². The highest BCUT2D eigenvalue weighted by Crippen LogP contribution is 2.41. The van der Waals surface area contributed by atoms with Gasteiger partial charge in [0.25, 0.3) is 0 Å². The van der Waals surface area contributed by atoms with Crippen molar-refractivity contribution in [3.63, 3.8) is 0 Å². The standard InChI is InChI=1S/C12H22BNO/c1-8(2)14-11-5-3-4-10(13)9(11)6-7-12(14)15/h8-11H,3-7,13H2,1-2H3. The van der Waals surface area contributed by atoms with Crippen molar-refractivity contribution < 1.29 is 4.79 Å². The Labute approximate surface area is 93.8 Å². The number of hydrogen-bond acceptors (Lipinski definition) is 1. The molecule has 84 valence electrons. The maximum absolute atomic E-state index is 11.9. The normalized spacial score (nSPS) is 36.9. The lowest BCUT2D eigenvalue weighted by atomic mass is 9.62. The lowest BCUT2D eigenvalue weighted by Gasteiger charge is -2.48. The molecule has 0 spiro atoms. The summed E-state index contributed by atoms with van der Waals surface area (Å²) in [4.78, 5) is 14.1. The lowest BCUT2D eigenvalue weighted by molar-refractivity contribution is -0.142. The molecule has 1 aliphatic heterocycles. The third-order valence-corrected chi connectivity index (χ3v) is 4.28. The molecule has 0 N–H and O–H groups in total. The van der Waals surface area contributed by atoms with Crippen molar-refractivity contribution in [2.24, 2.45) is 5.92 Å². The highest BCUT2D eigenvalue weighted by Gasteiger charge is 2.40. The molecule has 2 rings (SSSR count). The summed E-state index contributed by atoms with van der Waals surface area (Å²) in [6.45, 7) is 4.30. The third-order valence-electron chi connectivity index (χ3n) is 4.28. The molecule has 1 amide bonds.